The average molecular weight is 413 g/mol. The minimum absolute atomic E-state index is 0.0117. The van der Waals surface area contributed by atoms with Crippen molar-refractivity contribution in [3.05, 3.63) is 46.0 Å². The molecule has 0 heterocycles. The Morgan fingerprint density at radius 1 is 1.22 bits per heavy atom. The van der Waals surface area contributed by atoms with Crippen molar-refractivity contribution in [2.24, 2.45) is 11.8 Å². The molecular weight excluding hydrogens is 383 g/mol. The quantitative estimate of drug-likeness (QED) is 0.310. The van der Waals surface area contributed by atoms with E-state index < -0.39 is 5.97 Å². The molecule has 2 N–H and O–H groups in total. The van der Waals surface area contributed by atoms with Crippen LogP contribution in [0.25, 0.3) is 0 Å². The summed E-state index contributed by atoms with van der Waals surface area (Å²) in [5.74, 6) is -0.310. The molecule has 27 heavy (non-hydrogen) atoms. The fourth-order valence-corrected chi connectivity index (χ4v) is 4.70. The Hall–Kier alpha value is -1.03. The maximum absolute atomic E-state index is 10.5. The largest absolute Gasteiger partial charge is 0.481 e. The normalized spacial score (nSPS) is 25.4. The number of carbonyl (C=O) groups is 1. The summed E-state index contributed by atoms with van der Waals surface area (Å²) in [6.07, 6.45) is 8.70. The van der Waals surface area contributed by atoms with Gasteiger partial charge in [-0.05, 0) is 80.9 Å². The zero-order chi connectivity index (χ0) is 20.0. The molecular formula is C22H30Cl2O3. The molecule has 0 aromatic heterocycles. The van der Waals surface area contributed by atoms with Crippen molar-refractivity contribution < 1.29 is 15.0 Å². The smallest absolute Gasteiger partial charge is 0.303 e. The molecule has 0 aliphatic heterocycles. The molecule has 0 radical (unpaired) electrons. The molecule has 0 bridgehead atoms. The highest BCUT2D eigenvalue weighted by molar-refractivity contribution is 6.32. The van der Waals surface area contributed by atoms with Crippen molar-refractivity contribution in [1.29, 1.82) is 0 Å². The van der Waals surface area contributed by atoms with Crippen LogP contribution in [-0.2, 0) is 11.2 Å². The number of aliphatic hydroxyl groups is 1. The number of alkyl halides is 1. The van der Waals surface area contributed by atoms with Crippen LogP contribution in [0.15, 0.2) is 24.3 Å². The second kappa shape index (κ2) is 10.5. The summed E-state index contributed by atoms with van der Waals surface area (Å²) < 4.78 is 0. The number of unbranched alkanes of at least 4 members (excludes halogenated alkanes) is 1. The van der Waals surface area contributed by atoms with Gasteiger partial charge in [-0.3, -0.25) is 4.79 Å². The molecule has 1 aromatic carbocycles. The molecule has 1 aliphatic rings. The molecule has 150 valence electrons. The molecule has 0 saturated heterocycles. The van der Waals surface area contributed by atoms with E-state index in [2.05, 4.69) is 18.2 Å². The number of aliphatic hydroxyl groups excluding tert-OH is 1. The van der Waals surface area contributed by atoms with Gasteiger partial charge in [-0.2, -0.15) is 0 Å². The molecule has 0 amide bonds. The van der Waals surface area contributed by atoms with Crippen LogP contribution >= 0.6 is 23.2 Å². The Morgan fingerprint density at radius 3 is 2.52 bits per heavy atom. The standard InChI is InChI=1S/C22H30Cl2O3/c1-14-11-16(12-15(2)22(14)24)9-10-18-17(19(23)13-20(18)25)7-5-3-4-6-8-21(26)27/h3,5,11-12,17-20,25H,4,6-10,13H2,1-2H3,(H,26,27)/b5-3-/t17-,18-,19-,20-/m1/s1. The minimum Gasteiger partial charge on any atom is -0.481 e. The van der Waals surface area contributed by atoms with E-state index in [-0.39, 0.29) is 29.7 Å². The van der Waals surface area contributed by atoms with Gasteiger partial charge in [0.2, 0.25) is 0 Å². The van der Waals surface area contributed by atoms with E-state index in [4.69, 9.17) is 28.3 Å². The van der Waals surface area contributed by atoms with Crippen molar-refractivity contribution in [3.63, 3.8) is 0 Å². The van der Waals surface area contributed by atoms with E-state index in [1.54, 1.807) is 0 Å². The van der Waals surface area contributed by atoms with Gasteiger partial charge in [0.15, 0.2) is 0 Å². The number of aliphatic carboxylic acids is 1. The first-order chi connectivity index (χ1) is 12.8. The molecule has 1 fully saturated rings. The van der Waals surface area contributed by atoms with Crippen molar-refractivity contribution in [2.75, 3.05) is 0 Å². The summed E-state index contributed by atoms with van der Waals surface area (Å²) in [6.45, 7) is 4.05. The van der Waals surface area contributed by atoms with Gasteiger partial charge in [0.05, 0.1) is 6.10 Å². The van der Waals surface area contributed by atoms with Crippen molar-refractivity contribution in [2.45, 2.75) is 70.3 Å². The van der Waals surface area contributed by atoms with E-state index in [1.807, 2.05) is 19.9 Å². The van der Waals surface area contributed by atoms with E-state index >= 15 is 0 Å². The number of hydrogen-bond acceptors (Lipinski definition) is 2. The van der Waals surface area contributed by atoms with Gasteiger partial charge in [0, 0.05) is 16.8 Å². The van der Waals surface area contributed by atoms with Crippen LogP contribution in [0.4, 0.5) is 0 Å². The monoisotopic (exact) mass is 412 g/mol. The topological polar surface area (TPSA) is 57.5 Å². The zero-order valence-corrected chi connectivity index (χ0v) is 17.6. The lowest BCUT2D eigenvalue weighted by Crippen LogP contribution is -2.21. The molecule has 4 atom stereocenters. The van der Waals surface area contributed by atoms with Crippen LogP contribution in [0.1, 0.15) is 55.2 Å². The first-order valence-electron chi connectivity index (χ1n) is 9.74. The van der Waals surface area contributed by atoms with Crippen LogP contribution in [0, 0.1) is 25.7 Å². The maximum atomic E-state index is 10.5. The average Bonchev–Trinajstić information content (AvgIpc) is 2.86. The fourth-order valence-electron chi connectivity index (χ4n) is 4.12. The van der Waals surface area contributed by atoms with Crippen molar-refractivity contribution in [3.8, 4) is 0 Å². The van der Waals surface area contributed by atoms with Gasteiger partial charge in [-0.25, -0.2) is 0 Å². The summed E-state index contributed by atoms with van der Waals surface area (Å²) in [6, 6.07) is 4.26. The molecule has 1 aromatic rings. The maximum Gasteiger partial charge on any atom is 0.303 e. The highest BCUT2D eigenvalue weighted by atomic mass is 35.5. The number of halogens is 2. The Kier molecular flexibility index (Phi) is 8.65. The summed E-state index contributed by atoms with van der Waals surface area (Å²) >= 11 is 12.8. The molecule has 0 spiro atoms. The van der Waals surface area contributed by atoms with Gasteiger partial charge in [-0.1, -0.05) is 35.9 Å². The number of carboxylic acids is 1. The Morgan fingerprint density at radius 2 is 1.89 bits per heavy atom. The SMILES string of the molecule is Cc1cc(CC[C@@H]2[C@@H](C/C=C\CCCC(=O)O)[C@H](Cl)C[C@H]2O)cc(C)c1Cl. The third kappa shape index (κ3) is 6.51. The van der Waals surface area contributed by atoms with Crippen LogP contribution in [0.2, 0.25) is 5.02 Å². The van der Waals surface area contributed by atoms with E-state index in [1.165, 1.54) is 5.56 Å². The molecule has 1 aliphatic carbocycles. The molecule has 1 saturated carbocycles. The Labute approximate surface area is 172 Å². The highest BCUT2D eigenvalue weighted by Gasteiger charge is 2.40. The first kappa shape index (κ1) is 22.3. The Balaban J connectivity index is 1.91. The number of aryl methyl sites for hydroxylation is 3. The third-order valence-corrected chi connectivity index (χ3v) is 6.67. The summed E-state index contributed by atoms with van der Waals surface area (Å²) in [5.41, 5.74) is 3.44. The second-order valence-corrected chi connectivity index (χ2v) is 8.66. The second-order valence-electron chi connectivity index (χ2n) is 7.72. The van der Waals surface area contributed by atoms with E-state index in [0.29, 0.717) is 12.8 Å². The number of hydrogen-bond donors (Lipinski definition) is 2. The third-order valence-electron chi connectivity index (χ3n) is 5.57. The van der Waals surface area contributed by atoms with Crippen molar-refractivity contribution in [1.82, 2.24) is 0 Å². The predicted molar refractivity (Wildman–Crippen MR) is 112 cm³/mol. The van der Waals surface area contributed by atoms with Crippen LogP contribution in [-0.4, -0.2) is 27.7 Å². The first-order valence-corrected chi connectivity index (χ1v) is 10.6. The fraction of sp³-hybridized carbons (Fsp3) is 0.591. The summed E-state index contributed by atoms with van der Waals surface area (Å²) in [7, 11) is 0. The van der Waals surface area contributed by atoms with Gasteiger partial charge in [-0.15, -0.1) is 11.6 Å². The van der Waals surface area contributed by atoms with E-state index in [0.717, 1.165) is 41.8 Å². The van der Waals surface area contributed by atoms with Gasteiger partial charge < -0.3 is 10.2 Å². The van der Waals surface area contributed by atoms with Crippen LogP contribution in [0.3, 0.4) is 0 Å². The number of benzene rings is 1. The molecule has 0 unspecified atom stereocenters. The number of carboxylic acid groups (broad SMARTS) is 1. The highest BCUT2D eigenvalue weighted by Crippen LogP contribution is 2.41. The predicted octanol–water partition coefficient (Wildman–Crippen LogP) is 5.70. The van der Waals surface area contributed by atoms with Gasteiger partial charge >= 0.3 is 5.97 Å². The lowest BCUT2D eigenvalue weighted by Gasteiger charge is -2.22. The molecule has 5 heteroatoms. The van der Waals surface area contributed by atoms with Crippen LogP contribution in [0.5, 0.6) is 0 Å². The summed E-state index contributed by atoms with van der Waals surface area (Å²) in [4.78, 5) is 10.5. The van der Waals surface area contributed by atoms with Crippen LogP contribution < -0.4 is 0 Å². The Bertz CT molecular complexity index is 649. The lowest BCUT2D eigenvalue weighted by molar-refractivity contribution is -0.137. The zero-order valence-electron chi connectivity index (χ0n) is 16.1. The molecule has 2 rings (SSSR count). The summed E-state index contributed by atoms with van der Waals surface area (Å²) in [5, 5.41) is 19.9. The van der Waals surface area contributed by atoms with Gasteiger partial charge in [0.25, 0.3) is 0 Å². The van der Waals surface area contributed by atoms with Gasteiger partial charge in [0.1, 0.15) is 0 Å². The minimum atomic E-state index is -0.754. The molecule has 3 nitrogen and oxygen atoms in total. The number of rotatable bonds is 9. The number of allylic oxidation sites excluding steroid dienone is 2. The van der Waals surface area contributed by atoms with Crippen molar-refractivity contribution >= 4 is 29.2 Å². The lowest BCUT2D eigenvalue weighted by atomic mass is 9.86. The van der Waals surface area contributed by atoms with E-state index in [9.17, 15) is 9.90 Å².